The van der Waals surface area contributed by atoms with E-state index >= 15 is 0 Å². The molecule has 1 saturated heterocycles. The molecule has 1 aliphatic heterocycles. The highest BCUT2D eigenvalue weighted by molar-refractivity contribution is 5.73. The number of ether oxygens (including phenoxy) is 1. The molecule has 0 bridgehead atoms. The molecule has 98 valence electrons. The van der Waals surface area contributed by atoms with E-state index in [-0.39, 0.29) is 12.2 Å². The molecule has 0 N–H and O–H groups in total. The highest BCUT2D eigenvalue weighted by Gasteiger charge is 2.42. The summed E-state index contributed by atoms with van der Waals surface area (Å²) >= 11 is 0. The van der Waals surface area contributed by atoms with Crippen LogP contribution in [0.3, 0.4) is 0 Å². The van der Waals surface area contributed by atoms with E-state index in [9.17, 15) is 0 Å². The number of benzene rings is 2. The summed E-state index contributed by atoms with van der Waals surface area (Å²) in [6.07, 6.45) is 1.97. The van der Waals surface area contributed by atoms with Crippen LogP contribution in [-0.4, -0.2) is 9.97 Å². The molecule has 2 atom stereocenters. The van der Waals surface area contributed by atoms with Gasteiger partial charge in [-0.05, 0) is 24.6 Å². The Balaban J connectivity index is 1.63. The molecule has 3 heteroatoms. The molecule has 20 heavy (non-hydrogen) atoms. The van der Waals surface area contributed by atoms with Crippen molar-refractivity contribution in [1.29, 1.82) is 0 Å². The van der Waals surface area contributed by atoms with Crippen molar-refractivity contribution in [1.82, 2.24) is 9.97 Å². The van der Waals surface area contributed by atoms with Crippen molar-refractivity contribution in [3.05, 3.63) is 71.5 Å². The van der Waals surface area contributed by atoms with Gasteiger partial charge in [-0.3, -0.25) is 4.98 Å². The molecule has 0 spiro atoms. The van der Waals surface area contributed by atoms with Gasteiger partial charge in [0.05, 0.1) is 22.9 Å². The highest BCUT2D eigenvalue weighted by atomic mass is 16.6. The van der Waals surface area contributed by atoms with Crippen LogP contribution in [0.5, 0.6) is 0 Å². The largest absolute Gasteiger partial charge is 0.358 e. The van der Waals surface area contributed by atoms with Crippen molar-refractivity contribution in [2.75, 3.05) is 0 Å². The van der Waals surface area contributed by atoms with Crippen LogP contribution in [0.2, 0.25) is 0 Å². The van der Waals surface area contributed by atoms with Crippen LogP contribution in [0.1, 0.15) is 29.0 Å². The van der Waals surface area contributed by atoms with Gasteiger partial charge >= 0.3 is 0 Å². The van der Waals surface area contributed by atoms with Gasteiger partial charge in [0, 0.05) is 0 Å². The summed E-state index contributed by atoms with van der Waals surface area (Å²) in [6.45, 7) is 2.09. The third-order valence-electron chi connectivity index (χ3n) is 3.66. The van der Waals surface area contributed by atoms with E-state index in [1.165, 1.54) is 11.1 Å². The summed E-state index contributed by atoms with van der Waals surface area (Å²) in [7, 11) is 0. The quantitative estimate of drug-likeness (QED) is 0.660. The van der Waals surface area contributed by atoms with Gasteiger partial charge in [0.15, 0.2) is 0 Å². The smallest absolute Gasteiger partial charge is 0.132 e. The third kappa shape index (κ3) is 1.96. The fourth-order valence-electron chi connectivity index (χ4n) is 2.46. The molecule has 1 fully saturated rings. The first-order valence-corrected chi connectivity index (χ1v) is 6.75. The number of fused-ring (bicyclic) bond motifs is 1. The number of aryl methyl sites for hydroxylation is 1. The van der Waals surface area contributed by atoms with Crippen molar-refractivity contribution in [2.24, 2.45) is 0 Å². The van der Waals surface area contributed by atoms with E-state index in [0.717, 1.165) is 16.7 Å². The topological polar surface area (TPSA) is 38.3 Å². The van der Waals surface area contributed by atoms with Gasteiger partial charge in [-0.15, -0.1) is 0 Å². The maximum atomic E-state index is 5.78. The number of rotatable bonds is 2. The van der Waals surface area contributed by atoms with E-state index in [1.807, 2.05) is 30.5 Å². The lowest BCUT2D eigenvalue weighted by atomic mass is 10.1. The third-order valence-corrected chi connectivity index (χ3v) is 3.66. The van der Waals surface area contributed by atoms with Gasteiger partial charge in [0.2, 0.25) is 0 Å². The Hall–Kier alpha value is -2.26. The summed E-state index contributed by atoms with van der Waals surface area (Å²) in [5, 5.41) is 0. The van der Waals surface area contributed by atoms with Crippen LogP contribution in [0.15, 0.2) is 54.7 Å². The number of aromatic nitrogens is 2. The molecule has 0 saturated carbocycles. The number of epoxide rings is 1. The van der Waals surface area contributed by atoms with Crippen molar-refractivity contribution in [3.63, 3.8) is 0 Å². The minimum Gasteiger partial charge on any atom is -0.358 e. The molecular weight excluding hydrogens is 248 g/mol. The van der Waals surface area contributed by atoms with Crippen LogP contribution in [0, 0.1) is 6.92 Å². The molecule has 0 aliphatic carbocycles. The lowest BCUT2D eigenvalue weighted by Gasteiger charge is -2.00. The highest BCUT2D eigenvalue weighted by Crippen LogP contribution is 2.50. The minimum atomic E-state index is 0.0369. The van der Waals surface area contributed by atoms with Gasteiger partial charge < -0.3 is 4.74 Å². The van der Waals surface area contributed by atoms with Crippen molar-refractivity contribution in [3.8, 4) is 0 Å². The zero-order valence-corrected chi connectivity index (χ0v) is 11.2. The normalized spacial score (nSPS) is 21.1. The van der Waals surface area contributed by atoms with E-state index in [2.05, 4.69) is 41.2 Å². The average Bonchev–Trinajstić information content (AvgIpc) is 3.28. The summed E-state index contributed by atoms with van der Waals surface area (Å²) in [6, 6.07) is 16.4. The van der Waals surface area contributed by atoms with Gasteiger partial charge in [-0.2, -0.15) is 0 Å². The first-order valence-electron chi connectivity index (χ1n) is 6.75. The Morgan fingerprint density at radius 1 is 0.900 bits per heavy atom. The zero-order chi connectivity index (χ0) is 13.5. The number of para-hydroxylation sites is 2. The van der Waals surface area contributed by atoms with E-state index < -0.39 is 0 Å². The SMILES string of the molecule is Cc1ccc([C@@H]2O[C@H]2c2cnc3ccccc3n2)cc1. The summed E-state index contributed by atoms with van der Waals surface area (Å²) < 4.78 is 5.78. The molecule has 4 rings (SSSR count). The summed E-state index contributed by atoms with van der Waals surface area (Å²) in [5.41, 5.74) is 5.22. The second kappa shape index (κ2) is 4.39. The molecule has 1 aromatic heterocycles. The molecule has 0 amide bonds. The van der Waals surface area contributed by atoms with Crippen LogP contribution in [0.25, 0.3) is 11.0 Å². The Kier molecular flexibility index (Phi) is 2.54. The summed E-state index contributed by atoms with van der Waals surface area (Å²) in [5.74, 6) is 0. The fourth-order valence-corrected chi connectivity index (χ4v) is 2.46. The van der Waals surface area contributed by atoms with E-state index in [4.69, 9.17) is 4.74 Å². The van der Waals surface area contributed by atoms with Crippen molar-refractivity contribution in [2.45, 2.75) is 19.1 Å². The Bertz CT molecular complexity index is 767. The minimum absolute atomic E-state index is 0.0369. The maximum absolute atomic E-state index is 5.78. The standard InChI is InChI=1S/C17H14N2O/c1-11-6-8-12(9-7-11)16-17(20-16)15-10-18-13-4-2-3-5-14(13)19-15/h2-10,16-17H,1H3/t16-,17-/m0/s1. The molecular formula is C17H14N2O. The predicted molar refractivity (Wildman–Crippen MR) is 77.3 cm³/mol. The van der Waals surface area contributed by atoms with Crippen molar-refractivity contribution < 1.29 is 4.74 Å². The van der Waals surface area contributed by atoms with Crippen LogP contribution < -0.4 is 0 Å². The molecule has 0 unspecified atom stereocenters. The molecule has 2 heterocycles. The van der Waals surface area contributed by atoms with Crippen molar-refractivity contribution >= 4 is 11.0 Å². The molecule has 1 aliphatic rings. The first kappa shape index (κ1) is 11.6. The molecule has 3 nitrogen and oxygen atoms in total. The first-order chi connectivity index (χ1) is 9.81. The lowest BCUT2D eigenvalue weighted by Crippen LogP contribution is -1.92. The van der Waals surface area contributed by atoms with Gasteiger partial charge in [-0.1, -0.05) is 42.0 Å². The molecule has 3 aromatic rings. The Morgan fingerprint density at radius 3 is 2.45 bits per heavy atom. The number of nitrogens with zero attached hydrogens (tertiary/aromatic N) is 2. The second-order valence-corrected chi connectivity index (χ2v) is 5.17. The lowest BCUT2D eigenvalue weighted by molar-refractivity contribution is 0.375. The number of hydrogen-bond donors (Lipinski definition) is 0. The zero-order valence-electron chi connectivity index (χ0n) is 11.2. The molecule has 0 radical (unpaired) electrons. The van der Waals surface area contributed by atoms with E-state index in [1.54, 1.807) is 0 Å². The van der Waals surface area contributed by atoms with Crippen LogP contribution in [-0.2, 0) is 4.74 Å². The van der Waals surface area contributed by atoms with E-state index in [0.29, 0.717) is 0 Å². The maximum Gasteiger partial charge on any atom is 0.132 e. The van der Waals surface area contributed by atoms with Gasteiger partial charge in [0.1, 0.15) is 12.2 Å². The summed E-state index contributed by atoms with van der Waals surface area (Å²) in [4.78, 5) is 9.09. The fraction of sp³-hybridized carbons (Fsp3) is 0.176. The molecule has 2 aromatic carbocycles. The number of hydrogen-bond acceptors (Lipinski definition) is 3. The van der Waals surface area contributed by atoms with Crippen LogP contribution >= 0.6 is 0 Å². The average molecular weight is 262 g/mol. The van der Waals surface area contributed by atoms with Crippen LogP contribution in [0.4, 0.5) is 0 Å². The Labute approximate surface area is 117 Å². The second-order valence-electron chi connectivity index (χ2n) is 5.17. The predicted octanol–water partition coefficient (Wildman–Crippen LogP) is 3.75. The Morgan fingerprint density at radius 2 is 1.65 bits per heavy atom. The monoisotopic (exact) mass is 262 g/mol. The van der Waals surface area contributed by atoms with Gasteiger partial charge in [-0.25, -0.2) is 4.98 Å². The van der Waals surface area contributed by atoms with Gasteiger partial charge in [0.25, 0.3) is 0 Å².